The first-order valence-corrected chi connectivity index (χ1v) is 8.08. The molecular weight excluding hydrogens is 246 g/mol. The summed E-state index contributed by atoms with van der Waals surface area (Å²) >= 11 is 0. The molecule has 1 N–H and O–H groups in total. The van der Waals surface area contributed by atoms with Crippen LogP contribution in [0.5, 0.6) is 0 Å². The number of piperazine rings is 1. The number of hydrogen-bond acceptors (Lipinski definition) is 3. The zero-order valence-electron chi connectivity index (χ0n) is 12.8. The standard InChI is InChI=1S/C17H27N3/c1-14(2)16-11-19-17(8-4-5-9-17)13-20(16)12-15-7-3-6-10-18-15/h3,6-7,10,14,16,19H,4-5,8-9,11-13H2,1-2H3. The monoisotopic (exact) mass is 273 g/mol. The highest BCUT2D eigenvalue weighted by atomic mass is 15.3. The molecule has 0 amide bonds. The van der Waals surface area contributed by atoms with Crippen LogP contribution >= 0.6 is 0 Å². The Labute approximate surface area is 122 Å². The van der Waals surface area contributed by atoms with Crippen LogP contribution in [0.25, 0.3) is 0 Å². The molecule has 1 unspecified atom stereocenters. The van der Waals surface area contributed by atoms with E-state index in [-0.39, 0.29) is 0 Å². The molecule has 3 rings (SSSR count). The molecule has 1 aromatic rings. The van der Waals surface area contributed by atoms with E-state index < -0.39 is 0 Å². The average Bonchev–Trinajstić information content (AvgIpc) is 2.88. The number of nitrogens with one attached hydrogen (secondary N) is 1. The molecule has 2 fully saturated rings. The Kier molecular flexibility index (Phi) is 4.08. The van der Waals surface area contributed by atoms with Gasteiger partial charge in [0.2, 0.25) is 0 Å². The summed E-state index contributed by atoms with van der Waals surface area (Å²) in [7, 11) is 0. The minimum absolute atomic E-state index is 0.389. The zero-order valence-corrected chi connectivity index (χ0v) is 12.8. The van der Waals surface area contributed by atoms with Crippen molar-refractivity contribution in [1.82, 2.24) is 15.2 Å². The van der Waals surface area contributed by atoms with Gasteiger partial charge in [0.1, 0.15) is 0 Å². The van der Waals surface area contributed by atoms with Crippen molar-refractivity contribution in [3.63, 3.8) is 0 Å². The fourth-order valence-electron chi connectivity index (χ4n) is 3.93. The van der Waals surface area contributed by atoms with Gasteiger partial charge in [-0.25, -0.2) is 0 Å². The predicted molar refractivity (Wildman–Crippen MR) is 82.5 cm³/mol. The van der Waals surface area contributed by atoms with Crippen LogP contribution in [0.3, 0.4) is 0 Å². The second-order valence-corrected chi connectivity index (χ2v) is 6.91. The van der Waals surface area contributed by atoms with Crippen LogP contribution in [-0.4, -0.2) is 34.6 Å². The van der Waals surface area contributed by atoms with Crippen LogP contribution in [0.15, 0.2) is 24.4 Å². The number of aromatic nitrogens is 1. The summed E-state index contributed by atoms with van der Waals surface area (Å²) in [5.41, 5.74) is 1.59. The van der Waals surface area contributed by atoms with Gasteiger partial charge in [-0.15, -0.1) is 0 Å². The molecule has 1 atom stereocenters. The summed E-state index contributed by atoms with van der Waals surface area (Å²) in [4.78, 5) is 7.19. The normalized spacial score (nSPS) is 26.4. The topological polar surface area (TPSA) is 28.2 Å². The minimum atomic E-state index is 0.389. The SMILES string of the molecule is CC(C)C1CNC2(CCCC2)CN1Cc1ccccn1. The first-order valence-electron chi connectivity index (χ1n) is 8.08. The van der Waals surface area contributed by atoms with E-state index in [0.717, 1.165) is 13.1 Å². The molecular formula is C17H27N3. The Morgan fingerprint density at radius 1 is 1.35 bits per heavy atom. The van der Waals surface area contributed by atoms with E-state index in [0.29, 0.717) is 17.5 Å². The van der Waals surface area contributed by atoms with Gasteiger partial charge in [-0.2, -0.15) is 0 Å². The predicted octanol–water partition coefficient (Wildman–Crippen LogP) is 2.82. The molecule has 1 aliphatic carbocycles. The molecule has 0 bridgehead atoms. The van der Waals surface area contributed by atoms with Crippen molar-refractivity contribution in [2.24, 2.45) is 5.92 Å². The second kappa shape index (κ2) is 5.82. The number of nitrogens with zero attached hydrogens (tertiary/aromatic N) is 2. The summed E-state index contributed by atoms with van der Waals surface area (Å²) in [5, 5.41) is 3.88. The maximum absolute atomic E-state index is 4.52. The van der Waals surface area contributed by atoms with Gasteiger partial charge in [0, 0.05) is 37.4 Å². The molecule has 20 heavy (non-hydrogen) atoms. The van der Waals surface area contributed by atoms with E-state index in [4.69, 9.17) is 0 Å². The summed E-state index contributed by atoms with van der Waals surface area (Å²) in [6, 6.07) is 6.88. The third-order valence-electron chi connectivity index (χ3n) is 5.08. The fourth-order valence-corrected chi connectivity index (χ4v) is 3.93. The van der Waals surface area contributed by atoms with Crippen molar-refractivity contribution >= 4 is 0 Å². The molecule has 1 saturated carbocycles. The van der Waals surface area contributed by atoms with Crippen LogP contribution in [0.2, 0.25) is 0 Å². The van der Waals surface area contributed by atoms with E-state index in [1.54, 1.807) is 0 Å². The Morgan fingerprint density at radius 3 is 2.80 bits per heavy atom. The molecule has 2 aliphatic rings. The molecule has 2 heterocycles. The summed E-state index contributed by atoms with van der Waals surface area (Å²) in [6.07, 6.45) is 7.37. The zero-order chi connectivity index (χ0) is 14.0. The van der Waals surface area contributed by atoms with Gasteiger partial charge >= 0.3 is 0 Å². The lowest BCUT2D eigenvalue weighted by Gasteiger charge is -2.47. The molecule has 1 aliphatic heterocycles. The Balaban J connectivity index is 1.75. The molecule has 1 aromatic heterocycles. The van der Waals surface area contributed by atoms with Gasteiger partial charge in [0.25, 0.3) is 0 Å². The Morgan fingerprint density at radius 2 is 2.15 bits per heavy atom. The molecule has 3 heteroatoms. The smallest absolute Gasteiger partial charge is 0.0544 e. The number of rotatable bonds is 3. The van der Waals surface area contributed by atoms with E-state index in [1.165, 1.54) is 37.9 Å². The van der Waals surface area contributed by atoms with Crippen molar-refractivity contribution in [1.29, 1.82) is 0 Å². The van der Waals surface area contributed by atoms with Crippen LogP contribution in [0.1, 0.15) is 45.2 Å². The van der Waals surface area contributed by atoms with Crippen LogP contribution in [-0.2, 0) is 6.54 Å². The Bertz CT molecular complexity index is 423. The summed E-state index contributed by atoms with van der Waals surface area (Å²) in [5.74, 6) is 0.685. The molecule has 0 radical (unpaired) electrons. The Hall–Kier alpha value is -0.930. The van der Waals surface area contributed by atoms with E-state index in [2.05, 4.69) is 41.2 Å². The van der Waals surface area contributed by atoms with E-state index in [9.17, 15) is 0 Å². The number of pyridine rings is 1. The largest absolute Gasteiger partial charge is 0.308 e. The van der Waals surface area contributed by atoms with E-state index >= 15 is 0 Å². The second-order valence-electron chi connectivity index (χ2n) is 6.91. The van der Waals surface area contributed by atoms with Gasteiger partial charge in [-0.05, 0) is 30.9 Å². The highest BCUT2D eigenvalue weighted by Crippen LogP contribution is 2.34. The maximum atomic E-state index is 4.52. The van der Waals surface area contributed by atoms with Crippen LogP contribution in [0, 0.1) is 5.92 Å². The van der Waals surface area contributed by atoms with Gasteiger partial charge in [-0.1, -0.05) is 32.8 Å². The highest BCUT2D eigenvalue weighted by molar-refractivity contribution is 5.07. The van der Waals surface area contributed by atoms with Gasteiger partial charge in [0.15, 0.2) is 0 Å². The van der Waals surface area contributed by atoms with Gasteiger partial charge in [-0.3, -0.25) is 9.88 Å². The lowest BCUT2D eigenvalue weighted by atomic mass is 9.89. The molecule has 0 aromatic carbocycles. The summed E-state index contributed by atoms with van der Waals surface area (Å²) < 4.78 is 0. The summed E-state index contributed by atoms with van der Waals surface area (Å²) in [6.45, 7) is 7.98. The van der Waals surface area contributed by atoms with E-state index in [1.807, 2.05) is 12.3 Å². The third-order valence-corrected chi connectivity index (χ3v) is 5.08. The lowest BCUT2D eigenvalue weighted by molar-refractivity contribution is 0.0497. The quantitative estimate of drug-likeness (QED) is 0.918. The third kappa shape index (κ3) is 2.89. The average molecular weight is 273 g/mol. The van der Waals surface area contributed by atoms with Crippen molar-refractivity contribution in [2.75, 3.05) is 13.1 Å². The fraction of sp³-hybridized carbons (Fsp3) is 0.706. The first kappa shape index (κ1) is 14.0. The van der Waals surface area contributed by atoms with Crippen molar-refractivity contribution in [3.05, 3.63) is 30.1 Å². The maximum Gasteiger partial charge on any atom is 0.0544 e. The lowest BCUT2D eigenvalue weighted by Crippen LogP contribution is -2.64. The highest BCUT2D eigenvalue weighted by Gasteiger charge is 2.41. The van der Waals surface area contributed by atoms with Gasteiger partial charge in [0.05, 0.1) is 5.69 Å². The molecule has 1 saturated heterocycles. The first-order chi connectivity index (χ1) is 9.69. The molecule has 1 spiro atoms. The number of hydrogen-bond donors (Lipinski definition) is 1. The molecule has 3 nitrogen and oxygen atoms in total. The van der Waals surface area contributed by atoms with Crippen molar-refractivity contribution < 1.29 is 0 Å². The molecule has 110 valence electrons. The van der Waals surface area contributed by atoms with Crippen LogP contribution < -0.4 is 5.32 Å². The van der Waals surface area contributed by atoms with Gasteiger partial charge < -0.3 is 5.32 Å². The minimum Gasteiger partial charge on any atom is -0.308 e. The van der Waals surface area contributed by atoms with Crippen molar-refractivity contribution in [2.45, 2.75) is 57.7 Å². The van der Waals surface area contributed by atoms with Crippen molar-refractivity contribution in [3.8, 4) is 0 Å². The van der Waals surface area contributed by atoms with Crippen LogP contribution in [0.4, 0.5) is 0 Å².